The van der Waals surface area contributed by atoms with E-state index in [0.29, 0.717) is 18.1 Å². The summed E-state index contributed by atoms with van der Waals surface area (Å²) < 4.78 is 0. The van der Waals surface area contributed by atoms with Crippen LogP contribution >= 0.6 is 11.6 Å². The number of carbonyl (C=O) groups excluding carboxylic acids is 1. The van der Waals surface area contributed by atoms with Gasteiger partial charge in [-0.3, -0.25) is 4.98 Å². The van der Waals surface area contributed by atoms with Crippen LogP contribution in [0.1, 0.15) is 5.56 Å². The Kier molecular flexibility index (Phi) is 4.86. The van der Waals surface area contributed by atoms with Crippen molar-refractivity contribution < 1.29 is 4.79 Å². The molecule has 0 aliphatic carbocycles. The Bertz CT molecular complexity index is 983. The summed E-state index contributed by atoms with van der Waals surface area (Å²) in [6.45, 7) is 4.91. The molecular weight excluding hydrogens is 360 g/mol. The average Bonchev–Trinajstić information content (AvgIpc) is 2.69. The Morgan fingerprint density at radius 1 is 1.07 bits per heavy atom. The van der Waals surface area contributed by atoms with Gasteiger partial charge in [0, 0.05) is 54.2 Å². The van der Waals surface area contributed by atoms with Gasteiger partial charge in [-0.25, -0.2) is 4.79 Å². The first kappa shape index (κ1) is 17.6. The van der Waals surface area contributed by atoms with Crippen molar-refractivity contribution in [3.8, 4) is 0 Å². The molecule has 27 heavy (non-hydrogen) atoms. The molecule has 0 bridgehead atoms. The lowest BCUT2D eigenvalue weighted by Gasteiger charge is -2.36. The molecule has 1 aliphatic heterocycles. The Morgan fingerprint density at radius 2 is 1.85 bits per heavy atom. The van der Waals surface area contributed by atoms with E-state index in [2.05, 4.69) is 15.2 Å². The predicted molar refractivity (Wildman–Crippen MR) is 111 cm³/mol. The van der Waals surface area contributed by atoms with E-state index < -0.39 is 0 Å². The van der Waals surface area contributed by atoms with Gasteiger partial charge in [0.1, 0.15) is 0 Å². The van der Waals surface area contributed by atoms with E-state index in [4.69, 9.17) is 11.6 Å². The molecule has 5 nitrogen and oxygen atoms in total. The van der Waals surface area contributed by atoms with E-state index in [1.807, 2.05) is 66.6 Å². The van der Waals surface area contributed by atoms with Gasteiger partial charge in [0.25, 0.3) is 0 Å². The molecule has 0 radical (unpaired) electrons. The normalized spacial score (nSPS) is 14.4. The number of halogens is 1. The number of aryl methyl sites for hydroxylation is 1. The molecule has 3 aromatic rings. The highest BCUT2D eigenvalue weighted by Crippen LogP contribution is 2.28. The van der Waals surface area contributed by atoms with E-state index in [1.165, 1.54) is 0 Å². The van der Waals surface area contributed by atoms with Gasteiger partial charge in [0.2, 0.25) is 0 Å². The summed E-state index contributed by atoms with van der Waals surface area (Å²) in [6.07, 6.45) is 1.81. The second-order valence-corrected chi connectivity index (χ2v) is 7.15. The topological polar surface area (TPSA) is 48.5 Å². The van der Waals surface area contributed by atoms with Crippen molar-refractivity contribution in [2.75, 3.05) is 36.4 Å². The van der Waals surface area contributed by atoms with Crippen molar-refractivity contribution in [2.45, 2.75) is 6.92 Å². The molecule has 2 aromatic carbocycles. The number of fused-ring (bicyclic) bond motifs is 1. The number of amides is 2. The number of rotatable bonds is 2. The highest BCUT2D eigenvalue weighted by Gasteiger charge is 2.22. The highest BCUT2D eigenvalue weighted by molar-refractivity contribution is 6.31. The maximum atomic E-state index is 12.6. The Labute approximate surface area is 163 Å². The third-order valence-electron chi connectivity index (χ3n) is 4.98. The van der Waals surface area contributed by atoms with Crippen LogP contribution in [-0.4, -0.2) is 42.1 Å². The number of para-hydroxylation sites is 1. The number of piperazine rings is 1. The van der Waals surface area contributed by atoms with Crippen LogP contribution in [-0.2, 0) is 0 Å². The highest BCUT2D eigenvalue weighted by atomic mass is 35.5. The summed E-state index contributed by atoms with van der Waals surface area (Å²) in [7, 11) is 0. The summed E-state index contributed by atoms with van der Waals surface area (Å²) in [4.78, 5) is 21.2. The number of hydrogen-bond donors (Lipinski definition) is 1. The van der Waals surface area contributed by atoms with Crippen LogP contribution < -0.4 is 10.2 Å². The minimum Gasteiger partial charge on any atom is -0.367 e. The van der Waals surface area contributed by atoms with Crippen LogP contribution in [0.2, 0.25) is 5.02 Å². The van der Waals surface area contributed by atoms with Crippen LogP contribution in [0.15, 0.2) is 54.7 Å². The molecule has 2 amide bonds. The number of aromatic nitrogens is 1. The van der Waals surface area contributed by atoms with Crippen molar-refractivity contribution in [1.82, 2.24) is 9.88 Å². The third-order valence-corrected chi connectivity index (χ3v) is 5.21. The molecule has 2 heterocycles. The first-order chi connectivity index (χ1) is 13.1. The molecule has 1 fully saturated rings. The van der Waals surface area contributed by atoms with E-state index >= 15 is 0 Å². The number of hydrogen-bond acceptors (Lipinski definition) is 3. The van der Waals surface area contributed by atoms with Gasteiger partial charge in [-0.15, -0.1) is 0 Å². The van der Waals surface area contributed by atoms with Crippen molar-refractivity contribution in [1.29, 1.82) is 0 Å². The maximum Gasteiger partial charge on any atom is 0.321 e. The summed E-state index contributed by atoms with van der Waals surface area (Å²) in [5, 5.41) is 4.78. The zero-order valence-corrected chi connectivity index (χ0v) is 15.9. The van der Waals surface area contributed by atoms with Crippen molar-refractivity contribution in [3.05, 3.63) is 65.3 Å². The first-order valence-corrected chi connectivity index (χ1v) is 9.40. The van der Waals surface area contributed by atoms with Crippen LogP contribution in [0.3, 0.4) is 0 Å². The van der Waals surface area contributed by atoms with Crippen LogP contribution in [0, 0.1) is 6.92 Å². The molecule has 0 spiro atoms. The van der Waals surface area contributed by atoms with Gasteiger partial charge in [-0.05, 0) is 42.8 Å². The summed E-state index contributed by atoms with van der Waals surface area (Å²) >= 11 is 6.08. The number of nitrogens with one attached hydrogen (secondary N) is 1. The number of pyridine rings is 1. The zero-order valence-electron chi connectivity index (χ0n) is 15.2. The fraction of sp³-hybridized carbons (Fsp3) is 0.238. The molecule has 1 aromatic heterocycles. The molecular formula is C21H21ClN4O. The lowest BCUT2D eigenvalue weighted by molar-refractivity contribution is 0.208. The van der Waals surface area contributed by atoms with Crippen molar-refractivity contribution in [3.63, 3.8) is 0 Å². The van der Waals surface area contributed by atoms with Crippen molar-refractivity contribution in [2.24, 2.45) is 0 Å². The second-order valence-electron chi connectivity index (χ2n) is 6.71. The smallest absolute Gasteiger partial charge is 0.321 e. The third kappa shape index (κ3) is 3.69. The van der Waals surface area contributed by atoms with Gasteiger partial charge in [-0.2, -0.15) is 0 Å². The minimum atomic E-state index is -0.0460. The number of nitrogens with zero attached hydrogens (tertiary/aromatic N) is 3. The zero-order chi connectivity index (χ0) is 18.8. The molecule has 4 rings (SSSR count). The number of carbonyl (C=O) groups is 1. The fourth-order valence-corrected chi connectivity index (χ4v) is 3.61. The monoisotopic (exact) mass is 380 g/mol. The molecule has 138 valence electrons. The Hall–Kier alpha value is -2.79. The quantitative estimate of drug-likeness (QED) is 0.709. The molecule has 1 aliphatic rings. The molecule has 0 unspecified atom stereocenters. The molecule has 0 atom stereocenters. The molecule has 1 N–H and O–H groups in total. The standard InChI is InChI=1S/C21H21ClN4O/c1-15-4-2-3-5-18(15)24-21(27)26-12-10-25(11-13-26)20-8-9-23-19-14-16(22)6-7-17(19)20/h2-9,14H,10-13H2,1H3,(H,24,27). The summed E-state index contributed by atoms with van der Waals surface area (Å²) in [6, 6.07) is 15.6. The number of urea groups is 1. The van der Waals surface area contributed by atoms with Gasteiger partial charge >= 0.3 is 6.03 Å². The Morgan fingerprint density at radius 3 is 2.63 bits per heavy atom. The summed E-state index contributed by atoms with van der Waals surface area (Å²) in [5.74, 6) is 0. The molecule has 1 saturated heterocycles. The minimum absolute atomic E-state index is 0.0460. The van der Waals surface area contributed by atoms with Gasteiger partial charge in [0.05, 0.1) is 5.52 Å². The SMILES string of the molecule is Cc1ccccc1NC(=O)N1CCN(c2ccnc3cc(Cl)ccc23)CC1. The molecule has 0 saturated carbocycles. The first-order valence-electron chi connectivity index (χ1n) is 9.02. The van der Waals surface area contributed by atoms with E-state index in [1.54, 1.807) is 0 Å². The Balaban J connectivity index is 1.45. The summed E-state index contributed by atoms with van der Waals surface area (Å²) in [5.41, 5.74) is 3.95. The van der Waals surface area contributed by atoms with Crippen LogP contribution in [0.5, 0.6) is 0 Å². The van der Waals surface area contributed by atoms with E-state index in [-0.39, 0.29) is 6.03 Å². The number of benzene rings is 2. The predicted octanol–water partition coefficient (Wildman–Crippen LogP) is 4.55. The lowest BCUT2D eigenvalue weighted by Crippen LogP contribution is -2.50. The van der Waals surface area contributed by atoms with E-state index in [0.717, 1.165) is 40.9 Å². The van der Waals surface area contributed by atoms with Gasteiger partial charge < -0.3 is 15.1 Å². The molecule has 6 heteroatoms. The van der Waals surface area contributed by atoms with Gasteiger partial charge in [0.15, 0.2) is 0 Å². The average molecular weight is 381 g/mol. The lowest BCUT2D eigenvalue weighted by atomic mass is 10.1. The van der Waals surface area contributed by atoms with Gasteiger partial charge in [-0.1, -0.05) is 29.8 Å². The van der Waals surface area contributed by atoms with Crippen LogP contribution in [0.4, 0.5) is 16.2 Å². The number of anilines is 2. The second kappa shape index (κ2) is 7.45. The van der Waals surface area contributed by atoms with Crippen LogP contribution in [0.25, 0.3) is 10.9 Å². The maximum absolute atomic E-state index is 12.6. The largest absolute Gasteiger partial charge is 0.367 e. The fourth-order valence-electron chi connectivity index (χ4n) is 3.44. The van der Waals surface area contributed by atoms with E-state index in [9.17, 15) is 4.79 Å². The van der Waals surface area contributed by atoms with Crippen molar-refractivity contribution >= 4 is 39.9 Å².